The van der Waals surface area contributed by atoms with Gasteiger partial charge in [0.05, 0.1) is 17.2 Å². The van der Waals surface area contributed by atoms with E-state index in [-0.39, 0.29) is 18.6 Å². The monoisotopic (exact) mass is 361 g/mol. The van der Waals surface area contributed by atoms with Gasteiger partial charge in [0, 0.05) is 4.47 Å². The van der Waals surface area contributed by atoms with Gasteiger partial charge in [0.15, 0.2) is 6.61 Å². The van der Waals surface area contributed by atoms with Crippen molar-refractivity contribution in [3.8, 4) is 5.75 Å². The fourth-order valence-electron chi connectivity index (χ4n) is 2.26. The number of hydrogen-bond acceptors (Lipinski definition) is 3. The number of amides is 1. The molecule has 0 heterocycles. The predicted octanol–water partition coefficient (Wildman–Crippen LogP) is 2.90. The van der Waals surface area contributed by atoms with E-state index in [4.69, 9.17) is 16.3 Å². The standard InChI is InChI=1S/C14H17BrClNO3/c15-9-5-6-13(10(16)7-9)20-8-14(19)17-11-3-1-2-4-12(11)18/h5-7,11-12,18H,1-4,8H2,(H,17,19)/t11-,12-/m0/s1. The van der Waals surface area contributed by atoms with Crippen LogP contribution >= 0.6 is 27.5 Å². The highest BCUT2D eigenvalue weighted by molar-refractivity contribution is 9.10. The van der Waals surface area contributed by atoms with Crippen LogP contribution in [0.2, 0.25) is 5.02 Å². The number of aliphatic hydroxyl groups excluding tert-OH is 1. The Labute approximate surface area is 131 Å². The van der Waals surface area contributed by atoms with E-state index < -0.39 is 6.10 Å². The second-order valence-corrected chi connectivity index (χ2v) is 6.21. The van der Waals surface area contributed by atoms with Gasteiger partial charge in [-0.15, -0.1) is 0 Å². The number of ether oxygens (including phenoxy) is 1. The van der Waals surface area contributed by atoms with E-state index >= 15 is 0 Å². The lowest BCUT2D eigenvalue weighted by Crippen LogP contribution is -2.46. The highest BCUT2D eigenvalue weighted by Gasteiger charge is 2.24. The number of rotatable bonds is 4. The SMILES string of the molecule is O=C(COc1ccc(Br)cc1Cl)N[C@H]1CCCC[C@@H]1O. The van der Waals surface area contributed by atoms with Gasteiger partial charge in [0.2, 0.25) is 0 Å². The Bertz CT molecular complexity index is 483. The number of halogens is 2. The van der Waals surface area contributed by atoms with Crippen molar-refractivity contribution in [2.75, 3.05) is 6.61 Å². The lowest BCUT2D eigenvalue weighted by molar-refractivity contribution is -0.125. The van der Waals surface area contributed by atoms with E-state index in [2.05, 4.69) is 21.2 Å². The van der Waals surface area contributed by atoms with Crippen molar-refractivity contribution in [1.29, 1.82) is 0 Å². The Morgan fingerprint density at radius 2 is 2.20 bits per heavy atom. The van der Waals surface area contributed by atoms with Gasteiger partial charge >= 0.3 is 0 Å². The second-order valence-electron chi connectivity index (χ2n) is 4.89. The van der Waals surface area contributed by atoms with Crippen molar-refractivity contribution in [1.82, 2.24) is 5.32 Å². The Morgan fingerprint density at radius 3 is 2.90 bits per heavy atom. The molecule has 2 N–H and O–H groups in total. The minimum atomic E-state index is -0.455. The number of aliphatic hydroxyl groups is 1. The maximum absolute atomic E-state index is 11.8. The molecule has 6 heteroatoms. The summed E-state index contributed by atoms with van der Waals surface area (Å²) >= 11 is 9.30. The first-order valence-corrected chi connectivity index (χ1v) is 7.78. The fraction of sp³-hybridized carbons (Fsp3) is 0.500. The average molecular weight is 363 g/mol. The number of nitrogens with one attached hydrogen (secondary N) is 1. The van der Waals surface area contributed by atoms with Crippen LogP contribution < -0.4 is 10.1 Å². The van der Waals surface area contributed by atoms with Crippen molar-refractivity contribution >= 4 is 33.4 Å². The van der Waals surface area contributed by atoms with Crippen molar-refractivity contribution in [3.63, 3.8) is 0 Å². The van der Waals surface area contributed by atoms with Crippen LogP contribution in [0.4, 0.5) is 0 Å². The third kappa shape index (κ3) is 4.36. The lowest BCUT2D eigenvalue weighted by Gasteiger charge is -2.28. The average Bonchev–Trinajstić information content (AvgIpc) is 2.40. The van der Waals surface area contributed by atoms with Crippen LogP contribution in [0, 0.1) is 0 Å². The van der Waals surface area contributed by atoms with E-state index in [1.54, 1.807) is 18.2 Å². The highest BCUT2D eigenvalue weighted by atomic mass is 79.9. The molecule has 1 fully saturated rings. The quantitative estimate of drug-likeness (QED) is 0.866. The van der Waals surface area contributed by atoms with Gasteiger partial charge in [-0.1, -0.05) is 40.4 Å². The van der Waals surface area contributed by atoms with Crippen molar-refractivity contribution in [3.05, 3.63) is 27.7 Å². The van der Waals surface area contributed by atoms with Crippen molar-refractivity contribution in [2.45, 2.75) is 37.8 Å². The minimum Gasteiger partial charge on any atom is -0.482 e. The zero-order valence-corrected chi connectivity index (χ0v) is 13.3. The fourth-order valence-corrected chi connectivity index (χ4v) is 2.99. The summed E-state index contributed by atoms with van der Waals surface area (Å²) in [6, 6.07) is 5.04. The molecule has 2 rings (SSSR count). The molecule has 0 spiro atoms. The molecule has 0 aromatic heterocycles. The molecule has 1 saturated carbocycles. The molecule has 1 aliphatic carbocycles. The summed E-state index contributed by atoms with van der Waals surface area (Å²) in [7, 11) is 0. The summed E-state index contributed by atoms with van der Waals surface area (Å²) in [6.45, 7) is -0.107. The first-order valence-electron chi connectivity index (χ1n) is 6.61. The van der Waals surface area contributed by atoms with E-state index in [9.17, 15) is 9.90 Å². The molecule has 0 aliphatic heterocycles. The molecule has 0 unspecified atom stereocenters. The van der Waals surface area contributed by atoms with Crippen LogP contribution in [-0.4, -0.2) is 29.8 Å². The van der Waals surface area contributed by atoms with Crippen LogP contribution in [0.5, 0.6) is 5.75 Å². The minimum absolute atomic E-state index is 0.107. The van der Waals surface area contributed by atoms with Gasteiger partial charge < -0.3 is 15.2 Å². The number of benzene rings is 1. The van der Waals surface area contributed by atoms with Crippen molar-refractivity contribution in [2.24, 2.45) is 0 Å². The zero-order valence-electron chi connectivity index (χ0n) is 10.9. The summed E-state index contributed by atoms with van der Waals surface area (Å²) < 4.78 is 6.24. The summed E-state index contributed by atoms with van der Waals surface area (Å²) in [6.07, 6.45) is 3.14. The zero-order chi connectivity index (χ0) is 14.5. The van der Waals surface area contributed by atoms with Crippen LogP contribution in [0.3, 0.4) is 0 Å². The van der Waals surface area contributed by atoms with Crippen LogP contribution in [0.15, 0.2) is 22.7 Å². The maximum Gasteiger partial charge on any atom is 0.258 e. The van der Waals surface area contributed by atoms with E-state index in [1.807, 2.05) is 0 Å². The van der Waals surface area contributed by atoms with Gasteiger partial charge in [-0.2, -0.15) is 0 Å². The maximum atomic E-state index is 11.8. The van der Waals surface area contributed by atoms with E-state index in [0.29, 0.717) is 10.8 Å². The molecular weight excluding hydrogens is 346 g/mol. The molecule has 20 heavy (non-hydrogen) atoms. The number of hydrogen-bond donors (Lipinski definition) is 2. The molecule has 110 valence electrons. The lowest BCUT2D eigenvalue weighted by atomic mass is 9.92. The molecule has 4 nitrogen and oxygen atoms in total. The molecule has 0 saturated heterocycles. The van der Waals surface area contributed by atoms with E-state index in [1.165, 1.54) is 0 Å². The van der Waals surface area contributed by atoms with Crippen LogP contribution in [-0.2, 0) is 4.79 Å². The molecule has 1 aliphatic rings. The summed E-state index contributed by atoms with van der Waals surface area (Å²) in [5.74, 6) is 0.226. The first-order chi connectivity index (χ1) is 9.56. The first kappa shape index (κ1) is 15.6. The van der Waals surface area contributed by atoms with Crippen molar-refractivity contribution < 1.29 is 14.6 Å². The second kappa shape index (κ2) is 7.29. The van der Waals surface area contributed by atoms with Gasteiger partial charge in [-0.05, 0) is 31.0 Å². The Kier molecular flexibility index (Phi) is 5.69. The summed E-state index contributed by atoms with van der Waals surface area (Å²) in [5.41, 5.74) is 0. The normalized spacial score (nSPS) is 22.4. The number of carbonyl (C=O) groups is 1. The third-order valence-corrected chi connectivity index (χ3v) is 4.12. The van der Waals surface area contributed by atoms with Gasteiger partial charge in [-0.25, -0.2) is 0 Å². The topological polar surface area (TPSA) is 58.6 Å². The smallest absolute Gasteiger partial charge is 0.258 e. The van der Waals surface area contributed by atoms with Gasteiger partial charge in [-0.3, -0.25) is 4.79 Å². The Hall–Kier alpha value is -0.780. The third-order valence-electron chi connectivity index (χ3n) is 3.33. The number of carbonyl (C=O) groups excluding carboxylic acids is 1. The molecule has 1 aromatic rings. The molecule has 1 aromatic carbocycles. The van der Waals surface area contributed by atoms with Crippen LogP contribution in [0.1, 0.15) is 25.7 Å². The van der Waals surface area contributed by atoms with Gasteiger partial charge in [0.1, 0.15) is 5.75 Å². The Balaban J connectivity index is 1.82. The van der Waals surface area contributed by atoms with E-state index in [0.717, 1.165) is 30.2 Å². The molecule has 1 amide bonds. The predicted molar refractivity (Wildman–Crippen MR) is 81.1 cm³/mol. The summed E-state index contributed by atoms with van der Waals surface area (Å²) in [4.78, 5) is 11.8. The highest BCUT2D eigenvalue weighted by Crippen LogP contribution is 2.27. The molecular formula is C14H17BrClNO3. The Morgan fingerprint density at radius 1 is 1.45 bits per heavy atom. The van der Waals surface area contributed by atoms with Crippen LogP contribution in [0.25, 0.3) is 0 Å². The molecule has 0 radical (unpaired) electrons. The largest absolute Gasteiger partial charge is 0.482 e. The van der Waals surface area contributed by atoms with Gasteiger partial charge in [0.25, 0.3) is 5.91 Å². The molecule has 0 bridgehead atoms. The molecule has 2 atom stereocenters. The summed E-state index contributed by atoms with van der Waals surface area (Å²) in [5, 5.41) is 13.0.